The number of aryl methyl sites for hydroxylation is 2. The van der Waals surface area contributed by atoms with Gasteiger partial charge in [-0.3, -0.25) is 14.9 Å². The van der Waals surface area contributed by atoms with Gasteiger partial charge in [0.25, 0.3) is 11.8 Å². The first kappa shape index (κ1) is 22.8. The molecule has 1 unspecified atom stereocenters. The van der Waals surface area contributed by atoms with Gasteiger partial charge in [0.1, 0.15) is 5.57 Å². The summed E-state index contributed by atoms with van der Waals surface area (Å²) in [6.07, 6.45) is 2.63. The number of benzene rings is 2. The normalized spacial score (nSPS) is 21.3. The van der Waals surface area contributed by atoms with E-state index in [4.69, 9.17) is 0 Å². The molecule has 1 N–H and O–H groups in total. The third-order valence-corrected chi connectivity index (χ3v) is 6.78. The first-order chi connectivity index (χ1) is 15.5. The summed E-state index contributed by atoms with van der Waals surface area (Å²) in [6, 6.07) is 10.6. The molecular formula is C27H31N3O3. The van der Waals surface area contributed by atoms with Crippen LogP contribution < -0.4 is 15.1 Å². The Labute approximate surface area is 195 Å². The number of hydrogen-bond acceptors (Lipinski definition) is 4. The van der Waals surface area contributed by atoms with Crippen LogP contribution >= 0.6 is 0 Å². The second-order valence-electron chi connectivity index (χ2n) is 9.72. The standard InChI is InChI=1S/C27H31N3O3/c1-7-29-23-12-17(3)19(13-21(23)18(4)15-27(29,5)6)14-22-24(31)28-26(33)30(25(22)32)20-10-8-16(2)9-11-20/h8-14,18H,7,15H2,1-6H3,(H,28,31,33)/b22-14-. The zero-order valence-electron chi connectivity index (χ0n) is 20.2. The predicted octanol–water partition coefficient (Wildman–Crippen LogP) is 5.08. The fourth-order valence-electron chi connectivity index (χ4n) is 5.15. The van der Waals surface area contributed by atoms with E-state index in [0.717, 1.165) is 34.6 Å². The predicted molar refractivity (Wildman–Crippen MR) is 131 cm³/mol. The number of barbiturate groups is 1. The number of carbonyl (C=O) groups is 3. The van der Waals surface area contributed by atoms with Crippen molar-refractivity contribution in [3.05, 3.63) is 64.2 Å². The summed E-state index contributed by atoms with van der Waals surface area (Å²) in [4.78, 5) is 41.8. The Kier molecular flexibility index (Phi) is 5.64. The molecular weight excluding hydrogens is 414 g/mol. The lowest BCUT2D eigenvalue weighted by atomic mass is 9.79. The summed E-state index contributed by atoms with van der Waals surface area (Å²) in [5, 5.41) is 2.31. The van der Waals surface area contributed by atoms with Crippen molar-refractivity contribution >= 4 is 35.3 Å². The Balaban J connectivity index is 1.77. The molecule has 0 aliphatic carbocycles. The van der Waals surface area contributed by atoms with Crippen LogP contribution in [0.1, 0.15) is 62.3 Å². The average Bonchev–Trinajstić information content (AvgIpc) is 2.72. The molecule has 172 valence electrons. The maximum absolute atomic E-state index is 13.3. The molecule has 1 saturated heterocycles. The van der Waals surface area contributed by atoms with E-state index in [2.05, 4.69) is 50.0 Å². The van der Waals surface area contributed by atoms with Gasteiger partial charge < -0.3 is 4.90 Å². The number of urea groups is 1. The van der Waals surface area contributed by atoms with Crippen molar-refractivity contribution in [3.63, 3.8) is 0 Å². The van der Waals surface area contributed by atoms with Crippen molar-refractivity contribution in [2.75, 3.05) is 16.3 Å². The number of fused-ring (bicyclic) bond motifs is 1. The first-order valence-corrected chi connectivity index (χ1v) is 11.4. The van der Waals surface area contributed by atoms with Gasteiger partial charge in [-0.1, -0.05) is 24.6 Å². The fourth-order valence-corrected chi connectivity index (χ4v) is 5.15. The first-order valence-electron chi connectivity index (χ1n) is 11.4. The zero-order valence-corrected chi connectivity index (χ0v) is 20.2. The lowest BCUT2D eigenvalue weighted by Gasteiger charge is -2.47. The molecule has 1 atom stereocenters. The highest BCUT2D eigenvalue weighted by molar-refractivity contribution is 6.39. The van der Waals surface area contributed by atoms with Gasteiger partial charge in [-0.05, 0) is 94.0 Å². The number of hydrogen-bond donors (Lipinski definition) is 1. The maximum Gasteiger partial charge on any atom is 0.335 e. The van der Waals surface area contributed by atoms with Crippen molar-refractivity contribution in [2.24, 2.45) is 0 Å². The Morgan fingerprint density at radius 2 is 1.76 bits per heavy atom. The van der Waals surface area contributed by atoms with Crippen LogP contribution in [0.25, 0.3) is 6.08 Å². The smallest absolute Gasteiger partial charge is 0.335 e. The molecule has 4 rings (SSSR count). The molecule has 4 amide bonds. The van der Waals surface area contributed by atoms with E-state index < -0.39 is 17.8 Å². The summed E-state index contributed by atoms with van der Waals surface area (Å²) in [5.74, 6) is -0.944. The third kappa shape index (κ3) is 3.94. The highest BCUT2D eigenvalue weighted by atomic mass is 16.2. The van der Waals surface area contributed by atoms with Gasteiger partial charge in [0.2, 0.25) is 0 Å². The van der Waals surface area contributed by atoms with Crippen LogP contribution in [0.3, 0.4) is 0 Å². The Morgan fingerprint density at radius 1 is 1.09 bits per heavy atom. The number of carbonyl (C=O) groups excluding carboxylic acids is 3. The molecule has 0 spiro atoms. The summed E-state index contributed by atoms with van der Waals surface area (Å²) in [7, 11) is 0. The number of anilines is 2. The van der Waals surface area contributed by atoms with Gasteiger partial charge >= 0.3 is 6.03 Å². The van der Waals surface area contributed by atoms with E-state index in [9.17, 15) is 14.4 Å². The van der Waals surface area contributed by atoms with Crippen LogP contribution in [0, 0.1) is 13.8 Å². The lowest BCUT2D eigenvalue weighted by molar-refractivity contribution is -0.122. The molecule has 6 heteroatoms. The minimum atomic E-state index is -0.734. The molecule has 2 aliphatic heterocycles. The molecule has 33 heavy (non-hydrogen) atoms. The van der Waals surface area contributed by atoms with Crippen molar-refractivity contribution in [3.8, 4) is 0 Å². The van der Waals surface area contributed by atoms with E-state index in [1.165, 1.54) is 11.3 Å². The van der Waals surface area contributed by atoms with Crippen LogP contribution in [0.15, 0.2) is 42.0 Å². The van der Waals surface area contributed by atoms with Crippen molar-refractivity contribution in [1.82, 2.24) is 5.32 Å². The molecule has 1 fully saturated rings. The highest BCUT2D eigenvalue weighted by Crippen LogP contribution is 2.44. The minimum Gasteiger partial charge on any atom is -0.366 e. The van der Waals surface area contributed by atoms with Gasteiger partial charge in [0.05, 0.1) is 5.69 Å². The summed E-state index contributed by atoms with van der Waals surface area (Å²) < 4.78 is 0. The Morgan fingerprint density at radius 3 is 2.39 bits per heavy atom. The number of amides is 4. The molecule has 0 bridgehead atoms. The highest BCUT2D eigenvalue weighted by Gasteiger charge is 2.38. The average molecular weight is 446 g/mol. The van der Waals surface area contributed by atoms with Crippen LogP contribution in [-0.4, -0.2) is 29.9 Å². The summed E-state index contributed by atoms with van der Waals surface area (Å²) in [6.45, 7) is 13.7. The second kappa shape index (κ2) is 8.18. The quantitative estimate of drug-likeness (QED) is 0.528. The summed E-state index contributed by atoms with van der Waals surface area (Å²) in [5.41, 5.74) is 5.66. The SMILES string of the molecule is CCN1c2cc(C)c(/C=C3/C(=O)NC(=O)N(c4ccc(C)cc4)C3=O)cc2C(C)CC1(C)C. The number of nitrogens with one attached hydrogen (secondary N) is 1. The molecule has 2 aromatic rings. The largest absolute Gasteiger partial charge is 0.366 e. The van der Waals surface area contributed by atoms with Gasteiger partial charge in [-0.25, -0.2) is 9.69 Å². The maximum atomic E-state index is 13.3. The van der Waals surface area contributed by atoms with Gasteiger partial charge in [0, 0.05) is 17.8 Å². The van der Waals surface area contributed by atoms with E-state index in [1.54, 1.807) is 18.2 Å². The molecule has 2 aliphatic rings. The second-order valence-corrected chi connectivity index (χ2v) is 9.72. The van der Waals surface area contributed by atoms with E-state index >= 15 is 0 Å². The van der Waals surface area contributed by atoms with Gasteiger partial charge in [-0.15, -0.1) is 0 Å². The lowest BCUT2D eigenvalue weighted by Crippen LogP contribution is -2.54. The van der Waals surface area contributed by atoms with Crippen molar-refractivity contribution in [1.29, 1.82) is 0 Å². The Bertz CT molecular complexity index is 1180. The van der Waals surface area contributed by atoms with Crippen molar-refractivity contribution in [2.45, 2.75) is 59.4 Å². The summed E-state index contributed by atoms with van der Waals surface area (Å²) >= 11 is 0. The zero-order chi connectivity index (χ0) is 24.1. The monoisotopic (exact) mass is 445 g/mol. The van der Waals surface area contributed by atoms with Crippen LogP contribution in [0.2, 0.25) is 0 Å². The van der Waals surface area contributed by atoms with Crippen LogP contribution in [-0.2, 0) is 9.59 Å². The molecule has 2 aromatic carbocycles. The molecule has 6 nitrogen and oxygen atoms in total. The molecule has 2 heterocycles. The van der Waals surface area contributed by atoms with Crippen molar-refractivity contribution < 1.29 is 14.4 Å². The van der Waals surface area contributed by atoms with E-state index in [-0.39, 0.29) is 11.1 Å². The third-order valence-electron chi connectivity index (χ3n) is 6.78. The molecule has 0 aromatic heterocycles. The van der Waals surface area contributed by atoms with E-state index in [0.29, 0.717) is 11.6 Å². The number of nitrogens with zero attached hydrogens (tertiary/aromatic N) is 2. The molecule has 0 saturated carbocycles. The minimum absolute atomic E-state index is 0.0469. The molecule has 0 radical (unpaired) electrons. The number of imide groups is 2. The van der Waals surface area contributed by atoms with E-state index in [1.807, 2.05) is 26.0 Å². The van der Waals surface area contributed by atoms with Gasteiger partial charge in [-0.2, -0.15) is 0 Å². The van der Waals surface area contributed by atoms with Crippen LogP contribution in [0.4, 0.5) is 16.2 Å². The fraction of sp³-hybridized carbons (Fsp3) is 0.370. The van der Waals surface area contributed by atoms with Gasteiger partial charge in [0.15, 0.2) is 0 Å². The number of rotatable bonds is 3. The topological polar surface area (TPSA) is 69.7 Å². The Hall–Kier alpha value is -3.41. The van der Waals surface area contributed by atoms with Crippen LogP contribution in [0.5, 0.6) is 0 Å².